The van der Waals surface area contributed by atoms with Gasteiger partial charge in [-0.25, -0.2) is 13.1 Å². The molecule has 0 bridgehead atoms. The van der Waals surface area contributed by atoms with Crippen LogP contribution in [0.3, 0.4) is 0 Å². The molecule has 2 saturated heterocycles. The maximum atomic E-state index is 14.8. The van der Waals surface area contributed by atoms with Crippen LogP contribution in [-0.2, 0) is 14.8 Å². The minimum atomic E-state index is -4.65. The number of nitro groups is 1. The molecule has 0 unspecified atom stereocenters. The molecule has 5 N–H and O–H groups in total. The predicted molar refractivity (Wildman–Crippen MR) is 284 cm³/mol. The zero-order valence-electron chi connectivity index (χ0n) is 42.9. The van der Waals surface area contributed by atoms with Gasteiger partial charge in [0.1, 0.15) is 23.1 Å². The molecule has 4 atom stereocenters. The Morgan fingerprint density at radius 2 is 1.68 bits per heavy atom. The van der Waals surface area contributed by atoms with Gasteiger partial charge in [-0.3, -0.25) is 19.8 Å². The standard InChI is InChI=1S/C56H70N8O9S/c1-35(2)41-7-5-6-8-42(41)49-34-72-26-25-62(49)39-30-56(31-39)20-23-61(24-21-56)38-9-11-43(46(28-38)63-45-15-19-55(4,67)32-50(45)73-53-48(63)27-37-16-22-57-51(37)59-53)52(65)60-74(70,71)40-10-12-44(47(29-40)64(68)69)58-33-36-13-17-54(3,66)18-14-36/h5-12,16,22,27-29,35-36,39,45,49-50,58,66-67H,13-15,17-21,23-26,30-34H2,1-4H3,(H,57,59)(H,60,65)/t36?,45-,49-,50-,54?,55-/m0/s1. The molecular weight excluding hydrogens is 961 g/mol. The number of nitrogens with one attached hydrogen (secondary N) is 3. The zero-order chi connectivity index (χ0) is 51.7. The van der Waals surface area contributed by atoms with Crippen LogP contribution in [0.2, 0.25) is 0 Å². The van der Waals surface area contributed by atoms with Crippen LogP contribution in [0.15, 0.2) is 83.9 Å². The second kappa shape index (κ2) is 19.4. The van der Waals surface area contributed by atoms with Gasteiger partial charge in [0, 0.05) is 62.0 Å². The van der Waals surface area contributed by atoms with Crippen molar-refractivity contribution in [2.75, 3.05) is 54.5 Å². The fraction of sp³-hybridized carbons (Fsp3) is 0.536. The van der Waals surface area contributed by atoms with Gasteiger partial charge in [0.05, 0.1) is 57.6 Å². The number of nitrogens with zero attached hydrogens (tertiary/aromatic N) is 5. The summed E-state index contributed by atoms with van der Waals surface area (Å²) in [5, 5.41) is 38.1. The normalized spacial score (nSPS) is 27.3. The van der Waals surface area contributed by atoms with E-state index in [1.54, 1.807) is 19.2 Å². The Morgan fingerprint density at radius 1 is 0.919 bits per heavy atom. The van der Waals surface area contributed by atoms with Gasteiger partial charge in [-0.15, -0.1) is 0 Å². The van der Waals surface area contributed by atoms with Crippen LogP contribution in [0.5, 0.6) is 5.88 Å². The molecule has 394 valence electrons. The van der Waals surface area contributed by atoms with E-state index in [2.05, 4.69) is 67.8 Å². The van der Waals surface area contributed by atoms with Crippen LogP contribution < -0.4 is 24.6 Å². The molecule has 0 radical (unpaired) electrons. The third-order valence-electron chi connectivity index (χ3n) is 17.5. The zero-order valence-corrected chi connectivity index (χ0v) is 43.7. The predicted octanol–water partition coefficient (Wildman–Crippen LogP) is 9.09. The number of carbonyl (C=O) groups is 1. The fourth-order valence-corrected chi connectivity index (χ4v) is 14.1. The first-order chi connectivity index (χ1) is 35.3. The average Bonchev–Trinajstić information content (AvgIpc) is 3.83. The SMILES string of the molecule is CC(C)c1ccccc1[C@@H]1COCCN1C1CC2(CCN(c3ccc(C(=O)NS(=O)(=O)c4ccc(NCC5CCC(C)(O)CC5)c([N+](=O)[O-])c4)c(N4c5cc6cc[nH]c6nc5O[C@H]5C[C@@](C)(O)CC[C@@H]54)c3)CC2)C1. The molecular formula is C56H70N8O9S. The summed E-state index contributed by atoms with van der Waals surface area (Å²) >= 11 is 0. The van der Waals surface area contributed by atoms with Crippen LogP contribution in [0.25, 0.3) is 11.0 Å². The summed E-state index contributed by atoms with van der Waals surface area (Å²) < 4.78 is 43.5. The molecule has 6 aliphatic rings. The monoisotopic (exact) mass is 1030 g/mol. The quantitative estimate of drug-likeness (QED) is 0.0582. The van der Waals surface area contributed by atoms with E-state index in [1.165, 1.54) is 23.3 Å². The number of nitro benzene ring substituents is 1. The first kappa shape index (κ1) is 50.4. The fourth-order valence-electron chi connectivity index (χ4n) is 13.1. The molecule has 3 aromatic carbocycles. The van der Waals surface area contributed by atoms with E-state index >= 15 is 0 Å². The number of hydrogen-bond donors (Lipinski definition) is 5. The van der Waals surface area contributed by atoms with Crippen LogP contribution in [0, 0.1) is 21.4 Å². The number of sulfonamides is 1. The van der Waals surface area contributed by atoms with Gasteiger partial charge >= 0.3 is 0 Å². The number of rotatable bonds is 12. The molecule has 17 nitrogen and oxygen atoms in total. The molecule has 2 aromatic heterocycles. The van der Waals surface area contributed by atoms with Crippen molar-refractivity contribution in [1.29, 1.82) is 0 Å². The number of carbonyl (C=O) groups excluding carboxylic acids is 1. The number of ether oxygens (including phenoxy) is 2. The van der Waals surface area contributed by atoms with Crippen LogP contribution in [-0.4, -0.2) is 113 Å². The number of aromatic nitrogens is 2. The number of aromatic amines is 1. The van der Waals surface area contributed by atoms with Gasteiger partial charge in [-0.05, 0) is 149 Å². The number of amides is 1. The second-order valence-electron chi connectivity index (χ2n) is 23.1. The molecule has 3 aliphatic heterocycles. The van der Waals surface area contributed by atoms with Gasteiger partial charge in [-0.1, -0.05) is 38.1 Å². The summed E-state index contributed by atoms with van der Waals surface area (Å²) in [4.78, 5) is 41.3. The van der Waals surface area contributed by atoms with Crippen molar-refractivity contribution in [2.24, 2.45) is 11.3 Å². The summed E-state index contributed by atoms with van der Waals surface area (Å²) in [6.45, 7) is 12.5. The van der Waals surface area contributed by atoms with Gasteiger partial charge in [-0.2, -0.15) is 4.98 Å². The van der Waals surface area contributed by atoms with Gasteiger partial charge in [0.2, 0.25) is 5.88 Å². The van der Waals surface area contributed by atoms with Crippen molar-refractivity contribution >= 4 is 55.4 Å². The summed E-state index contributed by atoms with van der Waals surface area (Å²) in [6.07, 6.45) is 9.62. The smallest absolute Gasteiger partial charge is 0.293 e. The lowest BCUT2D eigenvalue weighted by Gasteiger charge is -2.57. The third-order valence-corrected chi connectivity index (χ3v) is 18.8. The summed E-state index contributed by atoms with van der Waals surface area (Å²) in [7, 11) is -4.65. The minimum absolute atomic E-state index is 0.0871. The first-order valence-corrected chi connectivity index (χ1v) is 28.1. The Hall–Kier alpha value is -5.79. The highest BCUT2D eigenvalue weighted by molar-refractivity contribution is 7.90. The Bertz CT molecular complexity index is 3040. The van der Waals surface area contributed by atoms with Crippen molar-refractivity contribution < 1.29 is 37.8 Å². The molecule has 18 heteroatoms. The van der Waals surface area contributed by atoms with E-state index in [4.69, 9.17) is 14.5 Å². The largest absolute Gasteiger partial charge is 0.470 e. The molecule has 74 heavy (non-hydrogen) atoms. The lowest BCUT2D eigenvalue weighted by atomic mass is 9.59. The first-order valence-electron chi connectivity index (χ1n) is 26.6. The van der Waals surface area contributed by atoms with Crippen LogP contribution >= 0.6 is 0 Å². The molecule has 3 saturated carbocycles. The number of H-pyrrole nitrogens is 1. The number of morpholine rings is 1. The van der Waals surface area contributed by atoms with E-state index in [-0.39, 0.29) is 34.7 Å². The Balaban J connectivity index is 0.877. The average molecular weight is 1030 g/mol. The van der Waals surface area contributed by atoms with Gasteiger partial charge in [0.15, 0.2) is 0 Å². The number of hydrogen-bond acceptors (Lipinski definition) is 14. The topological polar surface area (TPSA) is 216 Å². The number of pyridine rings is 1. The van der Waals surface area contributed by atoms with Gasteiger partial charge < -0.3 is 39.8 Å². The highest BCUT2D eigenvalue weighted by Gasteiger charge is 2.51. The molecule has 3 aliphatic carbocycles. The Morgan fingerprint density at radius 3 is 2.43 bits per heavy atom. The molecule has 5 heterocycles. The summed E-state index contributed by atoms with van der Waals surface area (Å²) in [5.74, 6) is 0.0379. The van der Waals surface area contributed by atoms with Crippen molar-refractivity contribution in [3.8, 4) is 5.88 Å². The van der Waals surface area contributed by atoms with E-state index in [9.17, 15) is 33.5 Å². The van der Waals surface area contributed by atoms with Crippen molar-refractivity contribution in [3.63, 3.8) is 0 Å². The Labute approximate surface area is 433 Å². The van der Waals surface area contributed by atoms with E-state index in [0.717, 1.165) is 81.9 Å². The van der Waals surface area contributed by atoms with Gasteiger partial charge in [0.25, 0.3) is 21.6 Å². The van der Waals surface area contributed by atoms with E-state index in [1.807, 2.05) is 31.2 Å². The minimum Gasteiger partial charge on any atom is -0.470 e. The molecule has 11 rings (SSSR count). The molecule has 5 fully saturated rings. The highest BCUT2D eigenvalue weighted by atomic mass is 32.2. The van der Waals surface area contributed by atoms with Crippen molar-refractivity contribution in [1.82, 2.24) is 19.6 Å². The lowest BCUT2D eigenvalue weighted by Crippen LogP contribution is -2.58. The van der Waals surface area contributed by atoms with Crippen molar-refractivity contribution in [2.45, 2.75) is 145 Å². The number of anilines is 4. The Kier molecular flexibility index (Phi) is 13.2. The van der Waals surface area contributed by atoms with Crippen molar-refractivity contribution in [3.05, 3.63) is 106 Å². The molecule has 1 amide bonds. The second-order valence-corrected chi connectivity index (χ2v) is 24.8. The number of fused-ring (bicyclic) bond motifs is 3. The number of benzene rings is 3. The van der Waals surface area contributed by atoms with E-state index < -0.39 is 48.7 Å². The summed E-state index contributed by atoms with van der Waals surface area (Å²) in [5.41, 5.74) is 3.66. The maximum absolute atomic E-state index is 14.8. The number of piperidine rings is 1. The maximum Gasteiger partial charge on any atom is 0.293 e. The van der Waals surface area contributed by atoms with Crippen LogP contribution in [0.1, 0.15) is 132 Å². The molecule has 5 aromatic rings. The molecule has 1 spiro atoms. The van der Waals surface area contributed by atoms with Crippen LogP contribution in [0.4, 0.5) is 28.4 Å². The lowest BCUT2D eigenvalue weighted by molar-refractivity contribution is -0.384. The highest BCUT2D eigenvalue weighted by Crippen LogP contribution is 2.54. The third kappa shape index (κ3) is 9.83. The van der Waals surface area contributed by atoms with E-state index in [0.29, 0.717) is 80.1 Å². The summed E-state index contributed by atoms with van der Waals surface area (Å²) in [6, 6.07) is 22.2. The number of aliphatic hydroxyl groups is 2.